The molecule has 0 heterocycles. The Labute approximate surface area is 50.7 Å². The molecule has 1 heteroatoms. The van der Waals surface area contributed by atoms with E-state index in [4.69, 9.17) is 5.11 Å². The van der Waals surface area contributed by atoms with Crippen molar-refractivity contribution in [1.29, 1.82) is 0 Å². The standard InChI is InChI=1S/C7H13O/c1-2-7(8)6-4-3-5-6/h6-8H,1-5H2. The topological polar surface area (TPSA) is 20.2 Å². The van der Waals surface area contributed by atoms with E-state index in [1.807, 2.05) is 0 Å². The molecule has 47 valence electrons. The van der Waals surface area contributed by atoms with Crippen LogP contribution in [0.25, 0.3) is 0 Å². The first kappa shape index (κ1) is 6.09. The summed E-state index contributed by atoms with van der Waals surface area (Å²) >= 11 is 0. The van der Waals surface area contributed by atoms with Crippen molar-refractivity contribution in [3.8, 4) is 0 Å². The van der Waals surface area contributed by atoms with Gasteiger partial charge < -0.3 is 5.11 Å². The van der Waals surface area contributed by atoms with Crippen molar-refractivity contribution in [1.82, 2.24) is 0 Å². The van der Waals surface area contributed by atoms with Crippen LogP contribution < -0.4 is 0 Å². The molecule has 1 fully saturated rings. The molecule has 1 radical (unpaired) electrons. The summed E-state index contributed by atoms with van der Waals surface area (Å²) in [4.78, 5) is 0. The Morgan fingerprint density at radius 2 is 2.25 bits per heavy atom. The maximum atomic E-state index is 9.12. The van der Waals surface area contributed by atoms with Gasteiger partial charge in [0.1, 0.15) is 0 Å². The summed E-state index contributed by atoms with van der Waals surface area (Å²) in [5.74, 6) is 0.590. The van der Waals surface area contributed by atoms with Gasteiger partial charge in [0.05, 0.1) is 6.10 Å². The van der Waals surface area contributed by atoms with Gasteiger partial charge in [0.15, 0.2) is 0 Å². The zero-order valence-corrected chi connectivity index (χ0v) is 5.14. The third-order valence-corrected chi connectivity index (χ3v) is 1.99. The molecular formula is C7H13O. The third kappa shape index (κ3) is 1.03. The monoisotopic (exact) mass is 113 g/mol. The van der Waals surface area contributed by atoms with Crippen LogP contribution in [0.2, 0.25) is 0 Å². The highest BCUT2D eigenvalue weighted by Crippen LogP contribution is 2.30. The van der Waals surface area contributed by atoms with Crippen LogP contribution in [0, 0.1) is 12.8 Å². The van der Waals surface area contributed by atoms with Gasteiger partial charge in [-0.25, -0.2) is 0 Å². The molecular weight excluding hydrogens is 100 g/mol. The minimum absolute atomic E-state index is 0.108. The molecule has 1 saturated carbocycles. The molecule has 1 nitrogen and oxygen atoms in total. The van der Waals surface area contributed by atoms with Gasteiger partial charge in [-0.1, -0.05) is 13.3 Å². The van der Waals surface area contributed by atoms with Crippen LogP contribution >= 0.6 is 0 Å². The van der Waals surface area contributed by atoms with Crippen molar-refractivity contribution in [2.75, 3.05) is 0 Å². The summed E-state index contributed by atoms with van der Waals surface area (Å²) in [6, 6.07) is 0. The molecule has 0 aliphatic heterocycles. The molecule has 0 amide bonds. The Morgan fingerprint density at radius 1 is 1.62 bits per heavy atom. The summed E-state index contributed by atoms with van der Waals surface area (Å²) in [7, 11) is 0. The summed E-state index contributed by atoms with van der Waals surface area (Å²) in [6.45, 7) is 3.64. The molecule has 1 N–H and O–H groups in total. The predicted molar refractivity (Wildman–Crippen MR) is 33.3 cm³/mol. The maximum absolute atomic E-state index is 9.12. The van der Waals surface area contributed by atoms with Crippen LogP contribution in [-0.2, 0) is 0 Å². The van der Waals surface area contributed by atoms with Crippen LogP contribution in [0.5, 0.6) is 0 Å². The molecule has 0 saturated heterocycles. The van der Waals surface area contributed by atoms with Crippen molar-refractivity contribution in [2.45, 2.75) is 31.8 Å². The van der Waals surface area contributed by atoms with Gasteiger partial charge in [-0.05, 0) is 25.2 Å². The van der Waals surface area contributed by atoms with E-state index < -0.39 is 0 Å². The van der Waals surface area contributed by atoms with Crippen LogP contribution in [-0.4, -0.2) is 11.2 Å². The summed E-state index contributed by atoms with van der Waals surface area (Å²) in [5, 5.41) is 9.12. The Bertz CT molecular complexity index is 64.0. The van der Waals surface area contributed by atoms with Crippen molar-refractivity contribution in [3.63, 3.8) is 0 Å². The zero-order valence-electron chi connectivity index (χ0n) is 5.14. The van der Waals surface area contributed by atoms with E-state index in [0.717, 1.165) is 0 Å². The Balaban J connectivity index is 2.13. The van der Waals surface area contributed by atoms with Gasteiger partial charge in [-0.3, -0.25) is 0 Å². The molecule has 1 aliphatic rings. The van der Waals surface area contributed by atoms with Gasteiger partial charge >= 0.3 is 0 Å². The molecule has 0 aromatic heterocycles. The van der Waals surface area contributed by atoms with Crippen LogP contribution in [0.4, 0.5) is 0 Å². The minimum Gasteiger partial charge on any atom is -0.393 e. The van der Waals surface area contributed by atoms with E-state index in [9.17, 15) is 0 Å². The van der Waals surface area contributed by atoms with Crippen molar-refractivity contribution < 1.29 is 5.11 Å². The van der Waals surface area contributed by atoms with E-state index in [0.29, 0.717) is 12.3 Å². The van der Waals surface area contributed by atoms with Crippen LogP contribution in [0.15, 0.2) is 0 Å². The highest BCUT2D eigenvalue weighted by atomic mass is 16.3. The Morgan fingerprint density at radius 3 is 2.38 bits per heavy atom. The number of aliphatic hydroxyl groups excluding tert-OH is 1. The van der Waals surface area contributed by atoms with Crippen molar-refractivity contribution >= 4 is 0 Å². The molecule has 8 heavy (non-hydrogen) atoms. The highest BCUT2D eigenvalue weighted by molar-refractivity contribution is 4.76. The van der Waals surface area contributed by atoms with E-state index >= 15 is 0 Å². The highest BCUT2D eigenvalue weighted by Gasteiger charge is 2.23. The third-order valence-electron chi connectivity index (χ3n) is 1.99. The first-order valence-electron chi connectivity index (χ1n) is 3.32. The largest absolute Gasteiger partial charge is 0.393 e. The lowest BCUT2D eigenvalue weighted by atomic mass is 9.80. The fraction of sp³-hybridized carbons (Fsp3) is 0.857. The predicted octanol–water partition coefficient (Wildman–Crippen LogP) is 1.37. The van der Waals surface area contributed by atoms with E-state index in [1.165, 1.54) is 19.3 Å². The number of aliphatic hydroxyl groups is 1. The van der Waals surface area contributed by atoms with E-state index in [-0.39, 0.29) is 6.10 Å². The minimum atomic E-state index is -0.108. The fourth-order valence-corrected chi connectivity index (χ4v) is 1.06. The number of hydrogen-bond acceptors (Lipinski definition) is 1. The number of hydrogen-bond donors (Lipinski definition) is 1. The molecule has 0 bridgehead atoms. The molecule has 1 rings (SSSR count). The van der Waals surface area contributed by atoms with Gasteiger partial charge in [0.2, 0.25) is 0 Å². The van der Waals surface area contributed by atoms with Gasteiger partial charge in [0.25, 0.3) is 0 Å². The fourth-order valence-electron chi connectivity index (χ4n) is 1.06. The average molecular weight is 113 g/mol. The zero-order chi connectivity index (χ0) is 5.98. The lowest BCUT2D eigenvalue weighted by molar-refractivity contribution is 0.0646. The van der Waals surface area contributed by atoms with Gasteiger partial charge in [-0.15, -0.1) is 0 Å². The summed E-state index contributed by atoms with van der Waals surface area (Å²) < 4.78 is 0. The SMILES string of the molecule is [CH2]CC(O)C1CCC1. The normalized spacial score (nSPS) is 24.8. The average Bonchev–Trinajstić information content (AvgIpc) is 1.62. The lowest BCUT2D eigenvalue weighted by Crippen LogP contribution is -2.25. The maximum Gasteiger partial charge on any atom is 0.0568 e. The quantitative estimate of drug-likeness (QED) is 0.573. The molecule has 0 aromatic rings. The smallest absolute Gasteiger partial charge is 0.0568 e. The summed E-state index contributed by atoms with van der Waals surface area (Å²) in [5.41, 5.74) is 0. The number of rotatable bonds is 2. The molecule has 1 unspecified atom stereocenters. The molecule has 1 atom stereocenters. The first-order valence-corrected chi connectivity index (χ1v) is 3.32. The summed E-state index contributed by atoms with van der Waals surface area (Å²) in [6.07, 6.45) is 4.32. The molecule has 0 spiro atoms. The van der Waals surface area contributed by atoms with E-state index in [2.05, 4.69) is 6.92 Å². The molecule has 0 aromatic carbocycles. The van der Waals surface area contributed by atoms with Crippen LogP contribution in [0.1, 0.15) is 25.7 Å². The van der Waals surface area contributed by atoms with Gasteiger partial charge in [-0.2, -0.15) is 0 Å². The van der Waals surface area contributed by atoms with Crippen LogP contribution in [0.3, 0.4) is 0 Å². The molecule has 1 aliphatic carbocycles. The first-order chi connectivity index (χ1) is 3.84. The van der Waals surface area contributed by atoms with Crippen molar-refractivity contribution in [2.24, 2.45) is 5.92 Å². The second-order valence-corrected chi connectivity index (χ2v) is 2.55. The van der Waals surface area contributed by atoms with Gasteiger partial charge in [0, 0.05) is 0 Å². The lowest BCUT2D eigenvalue weighted by Gasteiger charge is -2.29. The second kappa shape index (κ2) is 2.49. The Hall–Kier alpha value is -0.0400. The van der Waals surface area contributed by atoms with E-state index in [1.54, 1.807) is 0 Å². The Kier molecular flexibility index (Phi) is 1.90. The second-order valence-electron chi connectivity index (χ2n) is 2.55. The van der Waals surface area contributed by atoms with Crippen molar-refractivity contribution in [3.05, 3.63) is 6.92 Å².